The van der Waals surface area contributed by atoms with Gasteiger partial charge in [0, 0.05) is 17.8 Å². The van der Waals surface area contributed by atoms with Crippen molar-refractivity contribution >= 4 is 6.29 Å². The van der Waals surface area contributed by atoms with E-state index in [1.54, 1.807) is 23.0 Å². The van der Waals surface area contributed by atoms with Crippen LogP contribution in [0.3, 0.4) is 0 Å². The monoisotopic (exact) mass is 271 g/mol. The molecule has 0 spiro atoms. The zero-order chi connectivity index (χ0) is 14.7. The lowest BCUT2D eigenvalue weighted by atomic mass is 10.1. The Morgan fingerprint density at radius 2 is 2.30 bits per heavy atom. The van der Waals surface area contributed by atoms with Crippen LogP contribution in [0.5, 0.6) is 0 Å². The second-order valence-corrected chi connectivity index (χ2v) is 4.59. The fourth-order valence-electron chi connectivity index (χ4n) is 1.88. The largest absolute Gasteiger partial charge is 0.298 e. The maximum absolute atomic E-state index is 13.7. The number of halogens is 1. The number of carbonyl (C=O) groups is 1. The molecule has 1 unspecified atom stereocenters. The smallest absolute Gasteiger partial charge is 0.153 e. The lowest BCUT2D eigenvalue weighted by molar-refractivity contribution is 0.112. The number of hydrogen-bond donors (Lipinski definition) is 0. The first-order chi connectivity index (χ1) is 9.60. The molecule has 1 atom stereocenters. The van der Waals surface area contributed by atoms with Gasteiger partial charge in [0.25, 0.3) is 0 Å². The van der Waals surface area contributed by atoms with Crippen LogP contribution in [0.1, 0.15) is 42.2 Å². The van der Waals surface area contributed by atoms with Crippen LogP contribution >= 0.6 is 0 Å². The van der Waals surface area contributed by atoms with E-state index in [2.05, 4.69) is 5.10 Å². The summed E-state index contributed by atoms with van der Waals surface area (Å²) < 4.78 is 15.4. The SMILES string of the molecule is CCC(C)n1cc(C=O)c(-c2ccc(C#N)c(F)c2)n1. The molecule has 102 valence electrons. The van der Waals surface area contributed by atoms with Gasteiger partial charge in [-0.25, -0.2) is 4.39 Å². The number of aldehydes is 1. The van der Waals surface area contributed by atoms with Gasteiger partial charge in [0.15, 0.2) is 6.29 Å². The van der Waals surface area contributed by atoms with Crippen molar-refractivity contribution in [1.82, 2.24) is 9.78 Å². The third-order valence-electron chi connectivity index (χ3n) is 3.29. The minimum atomic E-state index is -0.611. The van der Waals surface area contributed by atoms with E-state index in [1.165, 1.54) is 12.1 Å². The molecule has 0 fully saturated rings. The number of hydrogen-bond acceptors (Lipinski definition) is 3. The summed E-state index contributed by atoms with van der Waals surface area (Å²) in [6.45, 7) is 4.01. The molecule has 0 N–H and O–H groups in total. The Hall–Kier alpha value is -2.48. The zero-order valence-electron chi connectivity index (χ0n) is 11.3. The van der Waals surface area contributed by atoms with E-state index >= 15 is 0 Å². The summed E-state index contributed by atoms with van der Waals surface area (Å²) in [6, 6.07) is 6.14. The van der Waals surface area contributed by atoms with Crippen molar-refractivity contribution in [2.45, 2.75) is 26.3 Å². The molecule has 0 saturated heterocycles. The minimum absolute atomic E-state index is 0.0252. The maximum Gasteiger partial charge on any atom is 0.153 e. The van der Waals surface area contributed by atoms with Crippen LogP contribution in [0.4, 0.5) is 4.39 Å². The van der Waals surface area contributed by atoms with Gasteiger partial charge in [-0.05, 0) is 25.5 Å². The topological polar surface area (TPSA) is 58.7 Å². The average molecular weight is 271 g/mol. The standard InChI is InChI=1S/C15H14FN3O/c1-3-10(2)19-8-13(9-20)15(18-19)11-4-5-12(7-17)14(16)6-11/h4-6,8-10H,3H2,1-2H3. The first kappa shape index (κ1) is 13.9. The van der Waals surface area contributed by atoms with Crippen LogP contribution in [-0.2, 0) is 0 Å². The Labute approximate surface area is 116 Å². The molecule has 0 bridgehead atoms. The number of aromatic nitrogens is 2. The molecule has 0 aliphatic carbocycles. The van der Waals surface area contributed by atoms with Crippen molar-refractivity contribution < 1.29 is 9.18 Å². The Balaban J connectivity index is 2.52. The van der Waals surface area contributed by atoms with Gasteiger partial charge >= 0.3 is 0 Å². The summed E-state index contributed by atoms with van der Waals surface area (Å²) in [5.41, 5.74) is 1.31. The molecule has 0 saturated carbocycles. The van der Waals surface area contributed by atoms with E-state index in [0.29, 0.717) is 23.1 Å². The molecular weight excluding hydrogens is 257 g/mol. The molecule has 5 heteroatoms. The van der Waals surface area contributed by atoms with Gasteiger partial charge in [-0.2, -0.15) is 10.4 Å². The quantitative estimate of drug-likeness (QED) is 0.801. The van der Waals surface area contributed by atoms with Crippen molar-refractivity contribution in [2.75, 3.05) is 0 Å². The summed E-state index contributed by atoms with van der Waals surface area (Å²) in [5, 5.41) is 13.1. The molecule has 0 aliphatic heterocycles. The predicted molar refractivity (Wildman–Crippen MR) is 72.7 cm³/mol. The van der Waals surface area contributed by atoms with Gasteiger partial charge in [-0.1, -0.05) is 13.0 Å². The molecule has 1 heterocycles. The summed E-state index contributed by atoms with van der Waals surface area (Å²) in [7, 11) is 0. The number of rotatable bonds is 4. The minimum Gasteiger partial charge on any atom is -0.298 e. The highest BCUT2D eigenvalue weighted by Gasteiger charge is 2.14. The summed E-state index contributed by atoms with van der Waals surface area (Å²) >= 11 is 0. The van der Waals surface area contributed by atoms with E-state index in [4.69, 9.17) is 5.26 Å². The summed E-state index contributed by atoms with van der Waals surface area (Å²) in [4.78, 5) is 11.1. The maximum atomic E-state index is 13.7. The number of carbonyl (C=O) groups excluding carboxylic acids is 1. The molecular formula is C15H14FN3O. The number of benzene rings is 1. The molecule has 2 aromatic rings. The van der Waals surface area contributed by atoms with Crippen molar-refractivity contribution in [1.29, 1.82) is 5.26 Å². The molecule has 1 aromatic heterocycles. The van der Waals surface area contributed by atoms with Crippen LogP contribution in [0, 0.1) is 17.1 Å². The van der Waals surface area contributed by atoms with Crippen molar-refractivity contribution in [3.05, 3.63) is 41.3 Å². The second kappa shape index (κ2) is 5.66. The third kappa shape index (κ3) is 2.45. The Morgan fingerprint density at radius 3 is 2.85 bits per heavy atom. The van der Waals surface area contributed by atoms with Gasteiger partial charge < -0.3 is 0 Å². The third-order valence-corrected chi connectivity index (χ3v) is 3.29. The molecule has 1 aromatic carbocycles. The van der Waals surface area contributed by atoms with E-state index in [9.17, 15) is 9.18 Å². The van der Waals surface area contributed by atoms with Gasteiger partial charge in [0.2, 0.25) is 0 Å². The van der Waals surface area contributed by atoms with Crippen LogP contribution in [-0.4, -0.2) is 16.1 Å². The average Bonchev–Trinajstić information content (AvgIpc) is 2.90. The van der Waals surface area contributed by atoms with Gasteiger partial charge in [-0.3, -0.25) is 9.48 Å². The number of nitrogens with zero attached hydrogens (tertiary/aromatic N) is 3. The first-order valence-corrected chi connectivity index (χ1v) is 6.35. The fraction of sp³-hybridized carbons (Fsp3) is 0.267. The van der Waals surface area contributed by atoms with E-state index in [1.807, 2.05) is 13.8 Å². The zero-order valence-corrected chi connectivity index (χ0v) is 11.3. The first-order valence-electron chi connectivity index (χ1n) is 6.35. The van der Waals surface area contributed by atoms with Crippen molar-refractivity contribution in [3.8, 4) is 17.3 Å². The van der Waals surface area contributed by atoms with Crippen LogP contribution in [0.2, 0.25) is 0 Å². The van der Waals surface area contributed by atoms with Crippen molar-refractivity contribution in [3.63, 3.8) is 0 Å². The van der Waals surface area contributed by atoms with Crippen LogP contribution in [0.25, 0.3) is 11.3 Å². The fourth-order valence-corrected chi connectivity index (χ4v) is 1.88. The molecule has 0 radical (unpaired) electrons. The summed E-state index contributed by atoms with van der Waals surface area (Å²) in [6.07, 6.45) is 3.24. The van der Waals surface area contributed by atoms with Gasteiger partial charge in [0.1, 0.15) is 17.6 Å². The predicted octanol–water partition coefficient (Wildman–Crippen LogP) is 3.34. The molecule has 4 nitrogen and oxygen atoms in total. The van der Waals surface area contributed by atoms with Gasteiger partial charge in [0.05, 0.1) is 11.1 Å². The normalized spacial score (nSPS) is 11.9. The number of nitriles is 1. The van der Waals surface area contributed by atoms with E-state index in [0.717, 1.165) is 6.42 Å². The highest BCUT2D eigenvalue weighted by molar-refractivity contribution is 5.85. The molecule has 2 rings (SSSR count). The van der Waals surface area contributed by atoms with Gasteiger partial charge in [-0.15, -0.1) is 0 Å². The Kier molecular flexibility index (Phi) is 3.94. The van der Waals surface area contributed by atoms with Crippen LogP contribution < -0.4 is 0 Å². The Bertz CT molecular complexity index is 685. The summed E-state index contributed by atoms with van der Waals surface area (Å²) in [5.74, 6) is -0.611. The van der Waals surface area contributed by atoms with Crippen molar-refractivity contribution in [2.24, 2.45) is 0 Å². The van der Waals surface area contributed by atoms with Crippen LogP contribution in [0.15, 0.2) is 24.4 Å². The van der Waals surface area contributed by atoms with E-state index in [-0.39, 0.29) is 11.6 Å². The highest BCUT2D eigenvalue weighted by atomic mass is 19.1. The molecule has 0 aliphatic rings. The lowest BCUT2D eigenvalue weighted by Crippen LogP contribution is -2.04. The Morgan fingerprint density at radius 1 is 1.55 bits per heavy atom. The molecule has 20 heavy (non-hydrogen) atoms. The second-order valence-electron chi connectivity index (χ2n) is 4.59. The highest BCUT2D eigenvalue weighted by Crippen LogP contribution is 2.25. The molecule has 0 amide bonds. The van der Waals surface area contributed by atoms with E-state index < -0.39 is 5.82 Å². The lowest BCUT2D eigenvalue weighted by Gasteiger charge is -2.08.